The SMILES string of the molecule is CCC[C@H](CC(=O)O)C1CCCC1. The van der Waals surface area contributed by atoms with Crippen LogP contribution < -0.4 is 0 Å². The third-order valence-electron chi connectivity index (χ3n) is 3.16. The normalized spacial score (nSPS) is 20.4. The van der Waals surface area contributed by atoms with Crippen LogP contribution in [0.15, 0.2) is 0 Å². The first kappa shape index (κ1) is 10.6. The molecule has 0 saturated heterocycles. The van der Waals surface area contributed by atoms with Crippen LogP contribution in [0.5, 0.6) is 0 Å². The smallest absolute Gasteiger partial charge is 0.303 e. The Morgan fingerprint density at radius 3 is 2.54 bits per heavy atom. The van der Waals surface area contributed by atoms with E-state index in [4.69, 9.17) is 5.11 Å². The lowest BCUT2D eigenvalue weighted by Gasteiger charge is -2.20. The summed E-state index contributed by atoms with van der Waals surface area (Å²) >= 11 is 0. The van der Waals surface area contributed by atoms with Crippen molar-refractivity contribution in [2.75, 3.05) is 0 Å². The molecule has 0 unspecified atom stereocenters. The molecular formula is C11H20O2. The minimum atomic E-state index is -0.620. The van der Waals surface area contributed by atoms with Gasteiger partial charge in [-0.3, -0.25) is 4.79 Å². The van der Waals surface area contributed by atoms with Crippen molar-refractivity contribution in [3.05, 3.63) is 0 Å². The van der Waals surface area contributed by atoms with Crippen molar-refractivity contribution in [2.24, 2.45) is 11.8 Å². The van der Waals surface area contributed by atoms with Gasteiger partial charge >= 0.3 is 5.97 Å². The van der Waals surface area contributed by atoms with Gasteiger partial charge in [-0.15, -0.1) is 0 Å². The minimum absolute atomic E-state index is 0.387. The summed E-state index contributed by atoms with van der Waals surface area (Å²) in [5, 5.41) is 8.77. The average Bonchev–Trinajstić information content (AvgIpc) is 2.54. The van der Waals surface area contributed by atoms with Crippen molar-refractivity contribution in [3.63, 3.8) is 0 Å². The van der Waals surface area contributed by atoms with E-state index in [-0.39, 0.29) is 0 Å². The van der Waals surface area contributed by atoms with E-state index in [1.807, 2.05) is 0 Å². The van der Waals surface area contributed by atoms with Crippen molar-refractivity contribution < 1.29 is 9.90 Å². The Kier molecular flexibility index (Phi) is 4.26. The average molecular weight is 184 g/mol. The fourth-order valence-electron chi connectivity index (χ4n) is 2.53. The molecule has 1 aliphatic rings. The van der Waals surface area contributed by atoms with Crippen LogP contribution in [-0.4, -0.2) is 11.1 Å². The van der Waals surface area contributed by atoms with Crippen LogP contribution in [0.4, 0.5) is 0 Å². The van der Waals surface area contributed by atoms with Crippen molar-refractivity contribution in [1.29, 1.82) is 0 Å². The third-order valence-corrected chi connectivity index (χ3v) is 3.16. The standard InChI is InChI=1S/C11H20O2/c1-2-5-10(8-11(12)13)9-6-3-4-7-9/h9-10H,2-8H2,1H3,(H,12,13)/t10-/m1/s1. The molecule has 1 N–H and O–H groups in total. The van der Waals surface area contributed by atoms with Crippen LogP contribution in [-0.2, 0) is 4.79 Å². The van der Waals surface area contributed by atoms with Gasteiger partial charge in [0.2, 0.25) is 0 Å². The molecule has 76 valence electrons. The van der Waals surface area contributed by atoms with Gasteiger partial charge in [-0.2, -0.15) is 0 Å². The molecule has 0 bridgehead atoms. The molecular weight excluding hydrogens is 164 g/mol. The van der Waals surface area contributed by atoms with E-state index in [0.717, 1.165) is 12.8 Å². The number of carboxylic acids is 1. The molecule has 0 radical (unpaired) electrons. The number of hydrogen-bond donors (Lipinski definition) is 1. The molecule has 1 fully saturated rings. The molecule has 0 aromatic rings. The first-order valence-corrected chi connectivity index (χ1v) is 5.45. The molecule has 13 heavy (non-hydrogen) atoms. The van der Waals surface area contributed by atoms with Crippen LogP contribution >= 0.6 is 0 Å². The van der Waals surface area contributed by atoms with E-state index in [2.05, 4.69) is 6.92 Å². The second-order valence-electron chi connectivity index (χ2n) is 4.19. The van der Waals surface area contributed by atoms with Gasteiger partial charge in [0.25, 0.3) is 0 Å². The van der Waals surface area contributed by atoms with Gasteiger partial charge in [0.05, 0.1) is 0 Å². The molecule has 2 heteroatoms. The van der Waals surface area contributed by atoms with Gasteiger partial charge in [-0.1, -0.05) is 39.0 Å². The molecule has 0 amide bonds. The molecule has 1 rings (SSSR count). The maximum absolute atomic E-state index is 10.6. The Hall–Kier alpha value is -0.530. The summed E-state index contributed by atoms with van der Waals surface area (Å²) in [6.07, 6.45) is 7.74. The highest BCUT2D eigenvalue weighted by Gasteiger charge is 2.25. The lowest BCUT2D eigenvalue weighted by Crippen LogP contribution is -2.15. The molecule has 0 heterocycles. The number of carbonyl (C=O) groups is 1. The van der Waals surface area contributed by atoms with Crippen LogP contribution in [0.25, 0.3) is 0 Å². The zero-order chi connectivity index (χ0) is 9.68. The highest BCUT2D eigenvalue weighted by Crippen LogP contribution is 2.35. The van der Waals surface area contributed by atoms with Crippen LogP contribution in [0, 0.1) is 11.8 Å². The van der Waals surface area contributed by atoms with Crippen LogP contribution in [0.1, 0.15) is 51.9 Å². The molecule has 1 atom stereocenters. The minimum Gasteiger partial charge on any atom is -0.481 e. The topological polar surface area (TPSA) is 37.3 Å². The highest BCUT2D eigenvalue weighted by molar-refractivity contribution is 5.67. The van der Waals surface area contributed by atoms with Gasteiger partial charge in [0.1, 0.15) is 0 Å². The van der Waals surface area contributed by atoms with Crippen molar-refractivity contribution in [2.45, 2.75) is 51.9 Å². The second-order valence-corrected chi connectivity index (χ2v) is 4.19. The predicted octanol–water partition coefficient (Wildman–Crippen LogP) is 3.07. The molecule has 1 aliphatic carbocycles. The lowest BCUT2D eigenvalue weighted by molar-refractivity contribution is -0.138. The van der Waals surface area contributed by atoms with Gasteiger partial charge in [-0.25, -0.2) is 0 Å². The summed E-state index contributed by atoms with van der Waals surface area (Å²) in [5.74, 6) is 0.534. The van der Waals surface area contributed by atoms with Crippen molar-refractivity contribution >= 4 is 5.97 Å². The van der Waals surface area contributed by atoms with Crippen LogP contribution in [0.3, 0.4) is 0 Å². The fourth-order valence-corrected chi connectivity index (χ4v) is 2.53. The predicted molar refractivity (Wildman–Crippen MR) is 52.6 cm³/mol. The quantitative estimate of drug-likeness (QED) is 0.713. The Bertz CT molecular complexity index is 159. The van der Waals surface area contributed by atoms with E-state index < -0.39 is 5.97 Å². The molecule has 0 aliphatic heterocycles. The van der Waals surface area contributed by atoms with E-state index in [0.29, 0.717) is 18.3 Å². The largest absolute Gasteiger partial charge is 0.481 e. The maximum Gasteiger partial charge on any atom is 0.303 e. The molecule has 2 nitrogen and oxygen atoms in total. The monoisotopic (exact) mass is 184 g/mol. The number of aliphatic carboxylic acids is 1. The summed E-state index contributed by atoms with van der Waals surface area (Å²) in [6.45, 7) is 2.14. The summed E-state index contributed by atoms with van der Waals surface area (Å²) in [5.41, 5.74) is 0. The van der Waals surface area contributed by atoms with Gasteiger partial charge < -0.3 is 5.11 Å². The van der Waals surface area contributed by atoms with Gasteiger partial charge in [0.15, 0.2) is 0 Å². The summed E-state index contributed by atoms with van der Waals surface area (Å²) < 4.78 is 0. The van der Waals surface area contributed by atoms with Gasteiger partial charge in [0, 0.05) is 6.42 Å². The molecule has 0 aromatic heterocycles. The van der Waals surface area contributed by atoms with E-state index >= 15 is 0 Å². The first-order valence-electron chi connectivity index (χ1n) is 5.45. The Morgan fingerprint density at radius 1 is 1.46 bits per heavy atom. The summed E-state index contributed by atoms with van der Waals surface area (Å²) in [6, 6.07) is 0. The zero-order valence-electron chi connectivity index (χ0n) is 8.46. The Morgan fingerprint density at radius 2 is 2.08 bits per heavy atom. The maximum atomic E-state index is 10.6. The lowest BCUT2D eigenvalue weighted by atomic mass is 9.85. The molecule has 1 saturated carbocycles. The van der Waals surface area contributed by atoms with E-state index in [1.54, 1.807) is 0 Å². The first-order chi connectivity index (χ1) is 6.24. The number of carboxylic acid groups (broad SMARTS) is 1. The van der Waals surface area contributed by atoms with Crippen LogP contribution in [0.2, 0.25) is 0 Å². The van der Waals surface area contributed by atoms with Crippen molar-refractivity contribution in [3.8, 4) is 0 Å². The van der Waals surface area contributed by atoms with Gasteiger partial charge in [-0.05, 0) is 18.3 Å². The third kappa shape index (κ3) is 3.37. The Labute approximate surface area is 80.3 Å². The van der Waals surface area contributed by atoms with E-state index in [1.165, 1.54) is 25.7 Å². The summed E-state index contributed by atoms with van der Waals surface area (Å²) in [7, 11) is 0. The molecule has 0 spiro atoms. The fraction of sp³-hybridized carbons (Fsp3) is 0.909. The Balaban J connectivity index is 2.39. The summed E-state index contributed by atoms with van der Waals surface area (Å²) in [4.78, 5) is 10.6. The number of rotatable bonds is 5. The molecule has 0 aromatic carbocycles. The highest BCUT2D eigenvalue weighted by atomic mass is 16.4. The van der Waals surface area contributed by atoms with E-state index in [9.17, 15) is 4.79 Å². The van der Waals surface area contributed by atoms with Crippen molar-refractivity contribution in [1.82, 2.24) is 0 Å². The number of hydrogen-bond acceptors (Lipinski definition) is 1. The second kappa shape index (κ2) is 5.25. The zero-order valence-corrected chi connectivity index (χ0v) is 8.46.